The van der Waals surface area contributed by atoms with Crippen molar-refractivity contribution >= 4 is 29.0 Å². The van der Waals surface area contributed by atoms with Crippen LogP contribution in [0.3, 0.4) is 0 Å². The minimum absolute atomic E-state index is 0.0931. The van der Waals surface area contributed by atoms with E-state index in [-0.39, 0.29) is 18.9 Å². The van der Waals surface area contributed by atoms with Crippen molar-refractivity contribution in [1.29, 1.82) is 0 Å². The number of ether oxygens (including phenoxy) is 1. The number of halogens is 3. The molecular weight excluding hydrogens is 385 g/mol. The monoisotopic (exact) mass is 400 g/mol. The van der Waals surface area contributed by atoms with Crippen LogP contribution in [0.2, 0.25) is 0 Å². The SMILES string of the molecule is CCc1noc(-c2c(F)cc(N3CC(CNC(C)=S)OC3=O)c(F)c2F)n1. The molecule has 1 aliphatic rings. The molecule has 2 aromatic rings. The van der Waals surface area contributed by atoms with E-state index in [0.717, 1.165) is 4.90 Å². The molecule has 1 aliphatic heterocycles. The molecule has 1 amide bonds. The first-order valence-electron chi connectivity index (χ1n) is 8.04. The van der Waals surface area contributed by atoms with Crippen molar-refractivity contribution in [1.82, 2.24) is 15.5 Å². The number of benzene rings is 1. The summed E-state index contributed by atoms with van der Waals surface area (Å²) in [5.74, 6) is -4.34. The van der Waals surface area contributed by atoms with Crippen molar-refractivity contribution in [3.8, 4) is 11.5 Å². The van der Waals surface area contributed by atoms with Crippen LogP contribution in [0.4, 0.5) is 23.7 Å². The third-order valence-corrected chi connectivity index (χ3v) is 4.03. The summed E-state index contributed by atoms with van der Waals surface area (Å²) in [6.45, 7) is 3.48. The molecule has 1 unspecified atom stereocenters. The second-order valence-corrected chi connectivity index (χ2v) is 6.42. The average Bonchev–Trinajstić information content (AvgIpc) is 3.23. The first kappa shape index (κ1) is 19.1. The van der Waals surface area contributed by atoms with Gasteiger partial charge in [0.05, 0.1) is 23.8 Å². The molecule has 144 valence electrons. The van der Waals surface area contributed by atoms with Gasteiger partial charge >= 0.3 is 6.09 Å². The number of anilines is 1. The second kappa shape index (κ2) is 7.51. The number of thiocarbonyl (C=S) groups is 1. The summed E-state index contributed by atoms with van der Waals surface area (Å²) in [6, 6.07) is 0.699. The normalized spacial score (nSPS) is 16.6. The van der Waals surface area contributed by atoms with Crippen molar-refractivity contribution in [2.24, 2.45) is 0 Å². The average molecular weight is 400 g/mol. The van der Waals surface area contributed by atoms with Crippen molar-refractivity contribution in [2.45, 2.75) is 26.4 Å². The molecule has 1 aromatic carbocycles. The van der Waals surface area contributed by atoms with E-state index in [2.05, 4.69) is 15.5 Å². The van der Waals surface area contributed by atoms with Crippen molar-refractivity contribution < 1.29 is 27.2 Å². The molecule has 3 rings (SSSR count). The fourth-order valence-corrected chi connectivity index (χ4v) is 2.64. The summed E-state index contributed by atoms with van der Waals surface area (Å²) in [6.07, 6.45) is -1.19. The van der Waals surface area contributed by atoms with Gasteiger partial charge < -0.3 is 14.6 Å². The first-order chi connectivity index (χ1) is 12.8. The predicted octanol–water partition coefficient (Wildman–Crippen LogP) is 2.98. The minimum atomic E-state index is -1.53. The van der Waals surface area contributed by atoms with Crippen LogP contribution in [0, 0.1) is 17.5 Å². The Kier molecular flexibility index (Phi) is 5.31. The Morgan fingerprint density at radius 3 is 2.78 bits per heavy atom. The summed E-state index contributed by atoms with van der Waals surface area (Å²) in [4.78, 5) is 17.1. The van der Waals surface area contributed by atoms with Crippen molar-refractivity contribution in [3.05, 3.63) is 29.3 Å². The van der Waals surface area contributed by atoms with Crippen LogP contribution in [0.15, 0.2) is 10.6 Å². The molecule has 0 spiro atoms. The molecule has 0 bridgehead atoms. The highest BCUT2D eigenvalue weighted by molar-refractivity contribution is 7.80. The summed E-state index contributed by atoms with van der Waals surface area (Å²) in [5.41, 5.74) is -1.36. The van der Waals surface area contributed by atoms with Crippen molar-refractivity contribution in [2.75, 3.05) is 18.0 Å². The van der Waals surface area contributed by atoms with Crippen LogP contribution in [-0.4, -0.2) is 40.4 Å². The van der Waals surface area contributed by atoms with Crippen LogP contribution in [0.5, 0.6) is 0 Å². The lowest BCUT2D eigenvalue weighted by Gasteiger charge is -2.15. The van der Waals surface area contributed by atoms with Crippen LogP contribution < -0.4 is 10.2 Å². The van der Waals surface area contributed by atoms with Gasteiger partial charge in [-0.15, -0.1) is 0 Å². The number of carbonyl (C=O) groups excluding carboxylic acids is 1. The summed E-state index contributed by atoms with van der Waals surface area (Å²) in [7, 11) is 0. The molecule has 1 atom stereocenters. The maximum absolute atomic E-state index is 14.6. The van der Waals surface area contributed by atoms with E-state index >= 15 is 0 Å². The number of amides is 1. The van der Waals surface area contributed by atoms with E-state index in [9.17, 15) is 18.0 Å². The topological polar surface area (TPSA) is 80.5 Å². The number of carbonyl (C=O) groups is 1. The van der Waals surface area contributed by atoms with Gasteiger partial charge in [-0.05, 0) is 6.92 Å². The number of rotatable bonds is 5. The molecule has 1 N–H and O–H groups in total. The number of hydrogen-bond donors (Lipinski definition) is 1. The fourth-order valence-electron chi connectivity index (χ4n) is 2.56. The van der Waals surface area contributed by atoms with E-state index in [0.29, 0.717) is 17.5 Å². The van der Waals surface area contributed by atoms with E-state index in [4.69, 9.17) is 21.5 Å². The van der Waals surface area contributed by atoms with Gasteiger partial charge in [0, 0.05) is 12.5 Å². The highest BCUT2D eigenvalue weighted by atomic mass is 32.1. The Morgan fingerprint density at radius 2 is 2.15 bits per heavy atom. The lowest BCUT2D eigenvalue weighted by atomic mass is 10.1. The third-order valence-electron chi connectivity index (χ3n) is 3.88. The number of nitrogens with zero attached hydrogens (tertiary/aromatic N) is 3. The number of nitrogens with one attached hydrogen (secondary N) is 1. The number of hydrogen-bond acceptors (Lipinski definition) is 6. The van der Waals surface area contributed by atoms with Crippen molar-refractivity contribution in [3.63, 3.8) is 0 Å². The Bertz CT molecular complexity index is 905. The molecule has 1 saturated heterocycles. The third kappa shape index (κ3) is 3.72. The maximum atomic E-state index is 14.6. The first-order valence-corrected chi connectivity index (χ1v) is 8.45. The summed E-state index contributed by atoms with van der Waals surface area (Å²) < 4.78 is 53.4. The standard InChI is InChI=1S/C16H15F3N4O3S/c1-3-11-21-15(26-22-11)12-9(17)4-10(13(18)14(12)19)23-6-8(25-16(23)24)5-20-7(2)27/h4,8H,3,5-6H2,1-2H3,(H,20,27). The maximum Gasteiger partial charge on any atom is 0.414 e. The molecule has 7 nitrogen and oxygen atoms in total. The molecular formula is C16H15F3N4O3S. The lowest BCUT2D eigenvalue weighted by Crippen LogP contribution is -2.33. The van der Waals surface area contributed by atoms with Gasteiger partial charge in [-0.2, -0.15) is 4.98 Å². The fraction of sp³-hybridized carbons (Fsp3) is 0.375. The van der Waals surface area contributed by atoms with E-state index in [1.54, 1.807) is 13.8 Å². The largest absolute Gasteiger partial charge is 0.442 e. The lowest BCUT2D eigenvalue weighted by molar-refractivity contribution is 0.143. The zero-order valence-corrected chi connectivity index (χ0v) is 15.2. The van der Waals surface area contributed by atoms with Gasteiger partial charge in [-0.1, -0.05) is 24.3 Å². The highest BCUT2D eigenvalue weighted by Crippen LogP contribution is 2.34. The van der Waals surface area contributed by atoms with Crippen LogP contribution in [0.25, 0.3) is 11.5 Å². The zero-order valence-electron chi connectivity index (χ0n) is 14.4. The summed E-state index contributed by atoms with van der Waals surface area (Å²) >= 11 is 4.86. The molecule has 27 heavy (non-hydrogen) atoms. The van der Waals surface area contributed by atoms with E-state index in [1.165, 1.54) is 0 Å². The van der Waals surface area contributed by atoms with E-state index < -0.39 is 46.8 Å². The Hall–Kier alpha value is -2.69. The Labute approximate surface area is 157 Å². The quantitative estimate of drug-likeness (QED) is 0.610. The minimum Gasteiger partial charge on any atom is -0.442 e. The van der Waals surface area contributed by atoms with Gasteiger partial charge in [0.2, 0.25) is 0 Å². The van der Waals surface area contributed by atoms with Gasteiger partial charge in [-0.3, -0.25) is 4.90 Å². The molecule has 1 aromatic heterocycles. The molecule has 0 aliphatic carbocycles. The predicted molar refractivity (Wildman–Crippen MR) is 92.9 cm³/mol. The van der Waals surface area contributed by atoms with Crippen LogP contribution >= 0.6 is 12.2 Å². The molecule has 11 heteroatoms. The molecule has 1 fully saturated rings. The smallest absolute Gasteiger partial charge is 0.414 e. The summed E-state index contributed by atoms with van der Waals surface area (Å²) in [5, 5.41) is 6.35. The molecule has 2 heterocycles. The molecule has 0 radical (unpaired) electrons. The van der Waals surface area contributed by atoms with Crippen LogP contribution in [-0.2, 0) is 11.2 Å². The Balaban J connectivity index is 1.91. The highest BCUT2D eigenvalue weighted by Gasteiger charge is 2.36. The number of aromatic nitrogens is 2. The van der Waals surface area contributed by atoms with Gasteiger partial charge in [-0.25, -0.2) is 18.0 Å². The van der Waals surface area contributed by atoms with Crippen LogP contribution in [0.1, 0.15) is 19.7 Å². The van der Waals surface area contributed by atoms with Gasteiger partial charge in [0.15, 0.2) is 17.5 Å². The Morgan fingerprint density at radius 1 is 1.41 bits per heavy atom. The second-order valence-electron chi connectivity index (χ2n) is 5.80. The zero-order chi connectivity index (χ0) is 19.7. The number of cyclic esters (lactones) is 1. The number of aryl methyl sites for hydroxylation is 1. The molecule has 0 saturated carbocycles. The van der Waals surface area contributed by atoms with E-state index in [1.807, 2.05) is 0 Å². The van der Waals surface area contributed by atoms with Gasteiger partial charge in [0.25, 0.3) is 5.89 Å². The van der Waals surface area contributed by atoms with Gasteiger partial charge in [0.1, 0.15) is 17.5 Å².